The van der Waals surface area contributed by atoms with Gasteiger partial charge in [0.2, 0.25) is 0 Å². The molecule has 3 rings (SSSR count). The molecule has 1 atom stereocenters. The van der Waals surface area contributed by atoms with Gasteiger partial charge in [-0.1, -0.05) is 89.4 Å². The molecule has 0 aromatic heterocycles. The number of hydrogen-bond acceptors (Lipinski definition) is 1. The molecule has 0 aliphatic heterocycles. The third kappa shape index (κ3) is 4.24. The van der Waals surface area contributed by atoms with Crippen LogP contribution in [0.25, 0.3) is 11.1 Å². The Labute approximate surface area is 162 Å². The Balaban J connectivity index is 1.93. The van der Waals surface area contributed by atoms with Gasteiger partial charge in [-0.05, 0) is 30.2 Å². The minimum Gasteiger partial charge on any atom is -0.285 e. The smallest absolute Gasteiger partial charge is 0.0750 e. The van der Waals surface area contributed by atoms with E-state index in [4.69, 9.17) is 34.8 Å². The molecule has 0 N–H and O–H groups in total. The van der Waals surface area contributed by atoms with Gasteiger partial charge in [-0.3, -0.25) is 4.99 Å². The zero-order chi connectivity index (χ0) is 17.8. The van der Waals surface area contributed by atoms with Crippen LogP contribution in [0.2, 0.25) is 15.1 Å². The highest BCUT2D eigenvalue weighted by molar-refractivity contribution is 6.39. The largest absolute Gasteiger partial charge is 0.285 e. The summed E-state index contributed by atoms with van der Waals surface area (Å²) in [6, 6.07) is 21.6. The van der Waals surface area contributed by atoms with E-state index in [9.17, 15) is 0 Å². The molecule has 25 heavy (non-hydrogen) atoms. The van der Waals surface area contributed by atoms with Gasteiger partial charge < -0.3 is 0 Å². The van der Waals surface area contributed by atoms with Gasteiger partial charge in [-0.2, -0.15) is 0 Å². The van der Waals surface area contributed by atoms with Crippen LogP contribution in [0.5, 0.6) is 0 Å². The first-order valence-corrected chi connectivity index (χ1v) is 9.01. The van der Waals surface area contributed by atoms with Crippen LogP contribution in [0.1, 0.15) is 24.1 Å². The number of hydrogen-bond donors (Lipinski definition) is 0. The van der Waals surface area contributed by atoms with Crippen LogP contribution in [-0.4, -0.2) is 6.21 Å². The first kappa shape index (κ1) is 18.0. The van der Waals surface area contributed by atoms with Crippen molar-refractivity contribution in [2.24, 2.45) is 4.99 Å². The van der Waals surface area contributed by atoms with Crippen LogP contribution in [-0.2, 0) is 0 Å². The molecular formula is C21H16Cl3N. The minimum absolute atomic E-state index is 0.180. The lowest BCUT2D eigenvalue weighted by Gasteiger charge is -2.12. The van der Waals surface area contributed by atoms with Crippen molar-refractivity contribution in [3.63, 3.8) is 0 Å². The van der Waals surface area contributed by atoms with Crippen molar-refractivity contribution >= 4 is 41.0 Å². The van der Waals surface area contributed by atoms with E-state index in [0.717, 1.165) is 22.3 Å². The summed E-state index contributed by atoms with van der Waals surface area (Å²) in [4.78, 5) is 4.67. The van der Waals surface area contributed by atoms with Crippen molar-refractivity contribution in [3.05, 3.63) is 92.9 Å². The fourth-order valence-electron chi connectivity index (χ4n) is 2.71. The standard InChI is InChI=1S/C21H16Cl3N/c1-14(21-19(23)11-17(22)12-20(21)24)25-13-16-9-5-6-10-18(16)15-7-3-2-4-8-15/h2-14H,1H3. The molecule has 126 valence electrons. The lowest BCUT2D eigenvalue weighted by molar-refractivity contribution is 0.826. The van der Waals surface area contributed by atoms with Crippen molar-refractivity contribution in [1.82, 2.24) is 0 Å². The fourth-order valence-corrected chi connectivity index (χ4v) is 3.84. The van der Waals surface area contributed by atoms with Gasteiger partial charge in [-0.15, -0.1) is 0 Å². The van der Waals surface area contributed by atoms with Crippen LogP contribution in [0.3, 0.4) is 0 Å². The Morgan fingerprint density at radius 3 is 2.12 bits per heavy atom. The third-order valence-corrected chi connectivity index (χ3v) is 4.79. The Bertz CT molecular complexity index is 881. The molecule has 1 unspecified atom stereocenters. The van der Waals surface area contributed by atoms with E-state index in [0.29, 0.717) is 15.1 Å². The van der Waals surface area contributed by atoms with Crippen LogP contribution in [0, 0.1) is 0 Å². The lowest BCUT2D eigenvalue weighted by Crippen LogP contribution is -1.95. The maximum Gasteiger partial charge on any atom is 0.0750 e. The summed E-state index contributed by atoms with van der Waals surface area (Å²) < 4.78 is 0. The molecule has 0 radical (unpaired) electrons. The average Bonchev–Trinajstić information content (AvgIpc) is 2.60. The van der Waals surface area contributed by atoms with Crippen molar-refractivity contribution < 1.29 is 0 Å². The van der Waals surface area contributed by atoms with E-state index in [-0.39, 0.29) is 6.04 Å². The van der Waals surface area contributed by atoms with Gasteiger partial charge in [0.1, 0.15) is 0 Å². The van der Waals surface area contributed by atoms with Crippen molar-refractivity contribution in [2.75, 3.05) is 0 Å². The van der Waals surface area contributed by atoms with E-state index in [1.807, 2.05) is 49.5 Å². The second-order valence-electron chi connectivity index (χ2n) is 5.69. The SMILES string of the molecule is CC(N=Cc1ccccc1-c1ccccc1)c1c(Cl)cc(Cl)cc1Cl. The average molecular weight is 389 g/mol. The monoisotopic (exact) mass is 387 g/mol. The highest BCUT2D eigenvalue weighted by atomic mass is 35.5. The molecule has 0 saturated heterocycles. The van der Waals surface area contributed by atoms with E-state index >= 15 is 0 Å². The van der Waals surface area contributed by atoms with E-state index in [1.54, 1.807) is 12.1 Å². The quantitative estimate of drug-likeness (QED) is 0.410. The predicted octanol–water partition coefficient (Wildman–Crippen LogP) is 7.49. The van der Waals surface area contributed by atoms with Crippen molar-refractivity contribution in [2.45, 2.75) is 13.0 Å². The minimum atomic E-state index is -0.180. The Morgan fingerprint density at radius 2 is 1.44 bits per heavy atom. The number of benzene rings is 3. The summed E-state index contributed by atoms with van der Waals surface area (Å²) in [5, 5.41) is 1.57. The Hall–Kier alpha value is -1.80. The van der Waals surface area contributed by atoms with Gasteiger partial charge >= 0.3 is 0 Å². The Kier molecular flexibility index (Phi) is 5.80. The lowest BCUT2D eigenvalue weighted by atomic mass is 10.0. The van der Waals surface area contributed by atoms with Gasteiger partial charge in [-0.25, -0.2) is 0 Å². The number of aliphatic imine (C=N–C) groups is 1. The maximum absolute atomic E-state index is 6.30. The molecule has 0 spiro atoms. The summed E-state index contributed by atoms with van der Waals surface area (Å²) in [7, 11) is 0. The predicted molar refractivity (Wildman–Crippen MR) is 109 cm³/mol. The highest BCUT2D eigenvalue weighted by Gasteiger charge is 2.14. The van der Waals surface area contributed by atoms with Gasteiger partial charge in [0.15, 0.2) is 0 Å². The molecule has 3 aromatic carbocycles. The number of halogens is 3. The molecule has 3 aromatic rings. The summed E-state index contributed by atoms with van der Waals surface area (Å²) in [6.07, 6.45) is 1.87. The van der Waals surface area contributed by atoms with Crippen molar-refractivity contribution in [3.8, 4) is 11.1 Å². The number of nitrogens with zero attached hydrogens (tertiary/aromatic N) is 1. The maximum atomic E-state index is 6.30. The molecular weight excluding hydrogens is 373 g/mol. The third-order valence-electron chi connectivity index (χ3n) is 3.94. The summed E-state index contributed by atoms with van der Waals surface area (Å²) >= 11 is 18.6. The topological polar surface area (TPSA) is 12.4 Å². The van der Waals surface area contributed by atoms with Crippen LogP contribution in [0.4, 0.5) is 0 Å². The van der Waals surface area contributed by atoms with Crippen molar-refractivity contribution in [1.29, 1.82) is 0 Å². The Morgan fingerprint density at radius 1 is 0.840 bits per heavy atom. The first-order chi connectivity index (χ1) is 12.1. The van der Waals surface area contributed by atoms with Gasteiger partial charge in [0.25, 0.3) is 0 Å². The second-order valence-corrected chi connectivity index (χ2v) is 6.94. The van der Waals surface area contributed by atoms with E-state index in [2.05, 4.69) is 23.2 Å². The molecule has 4 heteroatoms. The molecule has 1 nitrogen and oxygen atoms in total. The zero-order valence-corrected chi connectivity index (χ0v) is 15.9. The molecule has 0 fully saturated rings. The van der Waals surface area contributed by atoms with Gasteiger partial charge in [0.05, 0.1) is 6.04 Å². The van der Waals surface area contributed by atoms with Gasteiger partial charge in [0, 0.05) is 32.4 Å². The molecule has 0 heterocycles. The molecule has 0 bridgehead atoms. The summed E-state index contributed by atoms with van der Waals surface area (Å²) in [5.41, 5.74) is 4.11. The fraction of sp³-hybridized carbons (Fsp3) is 0.0952. The first-order valence-electron chi connectivity index (χ1n) is 7.88. The summed E-state index contributed by atoms with van der Waals surface area (Å²) in [5.74, 6) is 0. The number of rotatable bonds is 4. The molecule has 0 aliphatic carbocycles. The molecule has 0 aliphatic rings. The van der Waals surface area contributed by atoms with Crippen LogP contribution < -0.4 is 0 Å². The van der Waals surface area contributed by atoms with Crippen LogP contribution >= 0.6 is 34.8 Å². The molecule has 0 amide bonds. The summed E-state index contributed by atoms with van der Waals surface area (Å²) in [6.45, 7) is 1.96. The zero-order valence-electron chi connectivity index (χ0n) is 13.6. The van der Waals surface area contributed by atoms with E-state index in [1.165, 1.54) is 0 Å². The normalized spacial score (nSPS) is 12.5. The molecule has 0 saturated carbocycles. The highest BCUT2D eigenvalue weighted by Crippen LogP contribution is 2.35. The van der Waals surface area contributed by atoms with Crippen LogP contribution in [0.15, 0.2) is 71.7 Å². The van der Waals surface area contributed by atoms with E-state index < -0.39 is 0 Å². The second kappa shape index (κ2) is 8.05.